The van der Waals surface area contributed by atoms with Crippen LogP contribution in [0.1, 0.15) is 30.9 Å². The first-order chi connectivity index (χ1) is 10.3. The van der Waals surface area contributed by atoms with E-state index in [1.165, 1.54) is 19.2 Å². The van der Waals surface area contributed by atoms with Crippen LogP contribution in [0.4, 0.5) is 13.2 Å². The number of rotatable bonds is 5. The first-order valence-electron chi connectivity index (χ1n) is 7.05. The van der Waals surface area contributed by atoms with Crippen LogP contribution in [0.5, 0.6) is 5.75 Å². The molecule has 120 valence electrons. The fourth-order valence-electron chi connectivity index (χ4n) is 2.62. The highest BCUT2D eigenvalue weighted by Gasteiger charge is 2.36. The molecule has 0 amide bonds. The van der Waals surface area contributed by atoms with Crippen molar-refractivity contribution in [1.29, 1.82) is 0 Å². The third-order valence-electron chi connectivity index (χ3n) is 4.04. The van der Waals surface area contributed by atoms with Gasteiger partial charge in [-0.1, -0.05) is 18.2 Å². The largest absolute Gasteiger partial charge is 0.496 e. The van der Waals surface area contributed by atoms with Crippen molar-refractivity contribution >= 4 is 5.57 Å². The Balaban J connectivity index is 2.59. The number of alkyl halides is 3. The molecule has 0 aliphatic heterocycles. The van der Waals surface area contributed by atoms with E-state index in [2.05, 4.69) is 6.58 Å². The number of aliphatic hydroxyl groups excluding tert-OH is 1. The van der Waals surface area contributed by atoms with Crippen molar-refractivity contribution in [1.82, 2.24) is 0 Å². The zero-order valence-electron chi connectivity index (χ0n) is 12.6. The zero-order valence-corrected chi connectivity index (χ0v) is 12.6. The number of ether oxygens (including phenoxy) is 1. The Hall–Kier alpha value is -1.75. The topological polar surface area (TPSA) is 29.5 Å². The number of halogens is 3. The first kappa shape index (κ1) is 16.6. The predicted molar refractivity (Wildman–Crippen MR) is 79.5 cm³/mol. The summed E-state index contributed by atoms with van der Waals surface area (Å²) in [5.41, 5.74) is 0.661. The fourth-order valence-corrected chi connectivity index (χ4v) is 2.62. The summed E-state index contributed by atoms with van der Waals surface area (Å²) in [5.74, 6) is 0.442. The fraction of sp³-hybridized carbons (Fsp3) is 0.412. The summed E-state index contributed by atoms with van der Waals surface area (Å²) in [6.45, 7) is 5.32. The Morgan fingerprint density at radius 2 is 2.00 bits per heavy atom. The Morgan fingerprint density at radius 1 is 1.36 bits per heavy atom. The van der Waals surface area contributed by atoms with Gasteiger partial charge in [-0.3, -0.25) is 0 Å². The van der Waals surface area contributed by atoms with Crippen LogP contribution in [0.15, 0.2) is 35.9 Å². The van der Waals surface area contributed by atoms with Crippen LogP contribution in [-0.2, 0) is 6.18 Å². The number of allylic oxidation sites excluding steroid dienone is 1. The van der Waals surface area contributed by atoms with Crippen molar-refractivity contribution in [2.45, 2.75) is 25.9 Å². The smallest absolute Gasteiger partial charge is 0.417 e. The van der Waals surface area contributed by atoms with E-state index in [0.29, 0.717) is 11.5 Å². The summed E-state index contributed by atoms with van der Waals surface area (Å²) in [6, 6.07) is 3.77. The number of hydrogen-bond donors (Lipinski definition) is 1. The van der Waals surface area contributed by atoms with E-state index in [1.54, 1.807) is 0 Å². The van der Waals surface area contributed by atoms with Gasteiger partial charge in [0.1, 0.15) is 5.75 Å². The normalized spacial score (nSPS) is 16.3. The van der Waals surface area contributed by atoms with Crippen molar-refractivity contribution in [2.24, 2.45) is 5.92 Å². The molecule has 0 unspecified atom stereocenters. The molecule has 1 aliphatic rings. The Kier molecular flexibility index (Phi) is 4.66. The maximum Gasteiger partial charge on any atom is 0.417 e. The Labute approximate surface area is 127 Å². The van der Waals surface area contributed by atoms with Crippen molar-refractivity contribution in [3.05, 3.63) is 47.1 Å². The molecule has 1 N–H and O–H groups in total. The highest BCUT2D eigenvalue weighted by molar-refractivity contribution is 5.83. The second kappa shape index (κ2) is 6.16. The third kappa shape index (κ3) is 3.19. The molecule has 0 bridgehead atoms. The van der Waals surface area contributed by atoms with Crippen LogP contribution in [0.3, 0.4) is 0 Å². The van der Waals surface area contributed by atoms with Gasteiger partial charge in [0.2, 0.25) is 0 Å². The zero-order chi connectivity index (χ0) is 16.5. The Bertz CT molecular complexity index is 611. The quantitative estimate of drug-likeness (QED) is 0.814. The van der Waals surface area contributed by atoms with Gasteiger partial charge >= 0.3 is 6.18 Å². The van der Waals surface area contributed by atoms with E-state index in [-0.39, 0.29) is 23.5 Å². The minimum atomic E-state index is -4.51. The van der Waals surface area contributed by atoms with Gasteiger partial charge < -0.3 is 9.84 Å². The average molecular weight is 312 g/mol. The summed E-state index contributed by atoms with van der Waals surface area (Å²) in [6.07, 6.45) is -2.51. The second-order valence-electron chi connectivity index (χ2n) is 5.45. The van der Waals surface area contributed by atoms with E-state index < -0.39 is 11.7 Å². The summed E-state index contributed by atoms with van der Waals surface area (Å²) in [5, 5.41) is 9.62. The lowest BCUT2D eigenvalue weighted by Crippen LogP contribution is -2.11. The predicted octanol–water partition coefficient (Wildman–Crippen LogP) is 4.45. The van der Waals surface area contributed by atoms with Crippen molar-refractivity contribution in [2.75, 3.05) is 13.7 Å². The Morgan fingerprint density at radius 3 is 2.45 bits per heavy atom. The monoisotopic (exact) mass is 312 g/mol. The van der Waals surface area contributed by atoms with E-state index in [9.17, 15) is 18.3 Å². The molecular weight excluding hydrogens is 293 g/mol. The third-order valence-corrected chi connectivity index (χ3v) is 4.04. The molecule has 0 radical (unpaired) electrons. The molecule has 1 aliphatic carbocycles. The molecule has 0 atom stereocenters. The van der Waals surface area contributed by atoms with Gasteiger partial charge in [0, 0.05) is 5.56 Å². The van der Waals surface area contributed by atoms with Crippen LogP contribution in [0.2, 0.25) is 0 Å². The lowest BCUT2D eigenvalue weighted by atomic mass is 9.90. The lowest BCUT2D eigenvalue weighted by Gasteiger charge is -2.20. The summed E-state index contributed by atoms with van der Waals surface area (Å²) < 4.78 is 45.0. The van der Waals surface area contributed by atoms with Gasteiger partial charge in [0.05, 0.1) is 19.3 Å². The summed E-state index contributed by atoms with van der Waals surface area (Å²) in [4.78, 5) is 0. The highest BCUT2D eigenvalue weighted by atomic mass is 19.4. The van der Waals surface area contributed by atoms with E-state index >= 15 is 0 Å². The molecule has 5 heteroatoms. The second-order valence-corrected chi connectivity index (χ2v) is 5.45. The van der Waals surface area contributed by atoms with Crippen LogP contribution >= 0.6 is 0 Å². The SMILES string of the molecule is C=C(C(CO)=C(C)C1CC1)c1c(OC)cccc1C(F)(F)F. The van der Waals surface area contributed by atoms with Gasteiger partial charge in [-0.2, -0.15) is 13.2 Å². The number of methoxy groups -OCH3 is 1. The molecule has 0 saturated heterocycles. The minimum Gasteiger partial charge on any atom is -0.496 e. The molecular formula is C17H19F3O2. The van der Waals surface area contributed by atoms with Crippen LogP contribution in [-0.4, -0.2) is 18.8 Å². The van der Waals surface area contributed by atoms with Crippen molar-refractivity contribution < 1.29 is 23.0 Å². The van der Waals surface area contributed by atoms with Crippen LogP contribution in [0, 0.1) is 5.92 Å². The van der Waals surface area contributed by atoms with Gasteiger partial charge in [-0.15, -0.1) is 0 Å². The van der Waals surface area contributed by atoms with Gasteiger partial charge in [0.15, 0.2) is 0 Å². The molecule has 22 heavy (non-hydrogen) atoms. The molecule has 0 heterocycles. The van der Waals surface area contributed by atoms with Crippen molar-refractivity contribution in [3.63, 3.8) is 0 Å². The molecule has 1 aromatic rings. The average Bonchev–Trinajstić information content (AvgIpc) is 3.30. The standard InChI is InChI=1S/C17H19F3O2/c1-10(12-7-8-12)13(9-21)11(2)16-14(17(18,19)20)5-4-6-15(16)22-3/h4-6,12,21H,2,7-9H2,1,3H3. The van der Waals surface area contributed by atoms with Crippen LogP contribution in [0.25, 0.3) is 5.57 Å². The maximum absolute atomic E-state index is 13.3. The van der Waals surface area contributed by atoms with Crippen LogP contribution < -0.4 is 4.74 Å². The molecule has 2 nitrogen and oxygen atoms in total. The molecule has 1 fully saturated rings. The lowest BCUT2D eigenvalue weighted by molar-refractivity contribution is -0.137. The number of hydrogen-bond acceptors (Lipinski definition) is 2. The molecule has 0 spiro atoms. The maximum atomic E-state index is 13.3. The van der Waals surface area contributed by atoms with Gasteiger partial charge in [-0.25, -0.2) is 0 Å². The van der Waals surface area contributed by atoms with Gasteiger partial charge in [-0.05, 0) is 49.0 Å². The van der Waals surface area contributed by atoms with E-state index in [1.807, 2.05) is 6.92 Å². The molecule has 1 aromatic carbocycles. The number of benzene rings is 1. The summed E-state index contributed by atoms with van der Waals surface area (Å²) >= 11 is 0. The highest BCUT2D eigenvalue weighted by Crippen LogP contribution is 2.44. The number of aliphatic hydroxyl groups is 1. The molecule has 0 aromatic heterocycles. The van der Waals surface area contributed by atoms with E-state index in [0.717, 1.165) is 24.5 Å². The van der Waals surface area contributed by atoms with Gasteiger partial charge in [0.25, 0.3) is 0 Å². The first-order valence-corrected chi connectivity index (χ1v) is 7.05. The van der Waals surface area contributed by atoms with Crippen molar-refractivity contribution in [3.8, 4) is 5.75 Å². The molecule has 1 saturated carbocycles. The summed E-state index contributed by atoms with van der Waals surface area (Å²) in [7, 11) is 1.32. The minimum absolute atomic E-state index is 0.0958. The van der Waals surface area contributed by atoms with E-state index in [4.69, 9.17) is 4.74 Å². The molecule has 2 rings (SSSR count).